The molecule has 0 saturated carbocycles. The predicted molar refractivity (Wildman–Crippen MR) is 66.0 cm³/mol. The van der Waals surface area contributed by atoms with Crippen molar-refractivity contribution in [2.24, 2.45) is 0 Å². The minimum Gasteiger partial charge on any atom is -0.468 e. The zero-order valence-electron chi connectivity index (χ0n) is 11.5. The van der Waals surface area contributed by atoms with Gasteiger partial charge in [0.05, 0.1) is 19.8 Å². The highest BCUT2D eigenvalue weighted by atomic mass is 16.5. The summed E-state index contributed by atoms with van der Waals surface area (Å²) in [5.41, 5.74) is 0. The Balaban J connectivity index is 3.95. The number of ether oxygens (including phenoxy) is 3. The molecule has 0 aromatic rings. The third-order valence-corrected chi connectivity index (χ3v) is 2.23. The summed E-state index contributed by atoms with van der Waals surface area (Å²) >= 11 is 0. The lowest BCUT2D eigenvalue weighted by Gasteiger charge is -2.20. The lowest BCUT2D eigenvalue weighted by atomic mass is 10.2. The molecule has 0 radical (unpaired) electrons. The van der Waals surface area contributed by atoms with Gasteiger partial charge in [0.2, 0.25) is 0 Å². The molecule has 0 aliphatic carbocycles. The van der Waals surface area contributed by atoms with Gasteiger partial charge in [-0.2, -0.15) is 0 Å². The maximum absolute atomic E-state index is 11.5. The van der Waals surface area contributed by atoms with E-state index in [4.69, 9.17) is 14.2 Å². The first-order valence-corrected chi connectivity index (χ1v) is 5.95. The summed E-state index contributed by atoms with van der Waals surface area (Å²) in [4.78, 5) is 11.5. The van der Waals surface area contributed by atoms with Crippen LogP contribution >= 0.6 is 0 Å². The van der Waals surface area contributed by atoms with Gasteiger partial charge in [-0.05, 0) is 13.3 Å². The highest BCUT2D eigenvalue weighted by Crippen LogP contribution is 2.00. The van der Waals surface area contributed by atoms with Crippen LogP contribution in [0.3, 0.4) is 0 Å². The third kappa shape index (κ3) is 8.12. The van der Waals surface area contributed by atoms with Crippen LogP contribution in [-0.2, 0) is 19.0 Å². The summed E-state index contributed by atoms with van der Waals surface area (Å²) < 4.78 is 15.2. The molecule has 2 unspecified atom stereocenters. The Hall–Kier alpha value is -0.650. The Morgan fingerprint density at radius 1 is 1.24 bits per heavy atom. The summed E-state index contributed by atoms with van der Waals surface area (Å²) in [6, 6.07) is -0.0785. The van der Waals surface area contributed by atoms with Crippen LogP contribution in [0.25, 0.3) is 0 Å². The highest BCUT2D eigenvalue weighted by Gasteiger charge is 2.19. The van der Waals surface area contributed by atoms with E-state index in [2.05, 4.69) is 5.32 Å². The fourth-order valence-electron chi connectivity index (χ4n) is 1.48. The molecule has 0 aliphatic rings. The molecule has 0 saturated heterocycles. The lowest BCUT2D eigenvalue weighted by Crippen LogP contribution is -2.42. The van der Waals surface area contributed by atoms with Crippen molar-refractivity contribution in [2.45, 2.75) is 45.4 Å². The predicted octanol–water partition coefficient (Wildman–Crippen LogP) is 0.968. The van der Waals surface area contributed by atoms with Crippen molar-refractivity contribution < 1.29 is 19.0 Å². The molecule has 0 aliphatic heterocycles. The number of esters is 1. The van der Waals surface area contributed by atoms with Crippen molar-refractivity contribution in [1.82, 2.24) is 5.32 Å². The second-order valence-electron chi connectivity index (χ2n) is 4.32. The van der Waals surface area contributed by atoms with E-state index in [0.717, 1.165) is 0 Å². The van der Waals surface area contributed by atoms with Gasteiger partial charge in [-0.3, -0.25) is 4.79 Å². The van der Waals surface area contributed by atoms with E-state index < -0.39 is 0 Å². The number of carbonyl (C=O) groups is 1. The average molecular weight is 247 g/mol. The molecule has 0 heterocycles. The van der Waals surface area contributed by atoms with Gasteiger partial charge in [0.15, 0.2) is 0 Å². The van der Waals surface area contributed by atoms with Crippen LogP contribution in [0, 0.1) is 0 Å². The van der Waals surface area contributed by atoms with Crippen molar-refractivity contribution in [2.75, 3.05) is 27.4 Å². The average Bonchev–Trinajstić information content (AvgIpc) is 2.26. The molecular formula is C12H25NO4. The van der Waals surface area contributed by atoms with Crippen LogP contribution in [0.4, 0.5) is 0 Å². The van der Waals surface area contributed by atoms with Gasteiger partial charge >= 0.3 is 5.97 Å². The smallest absolute Gasteiger partial charge is 0.322 e. The quantitative estimate of drug-likeness (QED) is 0.615. The van der Waals surface area contributed by atoms with Crippen molar-refractivity contribution >= 4 is 5.97 Å². The number of hydrogen-bond donors (Lipinski definition) is 1. The fraction of sp³-hybridized carbons (Fsp3) is 0.917. The van der Waals surface area contributed by atoms with Gasteiger partial charge in [0.25, 0.3) is 0 Å². The summed E-state index contributed by atoms with van der Waals surface area (Å²) in [6.07, 6.45) is 0.635. The Kier molecular flexibility index (Phi) is 9.03. The van der Waals surface area contributed by atoms with Crippen LogP contribution in [0.1, 0.15) is 27.2 Å². The zero-order valence-corrected chi connectivity index (χ0v) is 11.5. The monoisotopic (exact) mass is 247 g/mol. The molecule has 102 valence electrons. The fourth-order valence-corrected chi connectivity index (χ4v) is 1.48. The van der Waals surface area contributed by atoms with Crippen molar-refractivity contribution in [3.63, 3.8) is 0 Å². The van der Waals surface area contributed by atoms with E-state index in [0.29, 0.717) is 19.6 Å². The van der Waals surface area contributed by atoms with Gasteiger partial charge < -0.3 is 19.5 Å². The Morgan fingerprint density at radius 2 is 1.88 bits per heavy atom. The minimum absolute atomic E-state index is 0.0392. The minimum atomic E-state index is -0.310. The molecule has 0 fully saturated rings. The van der Waals surface area contributed by atoms with E-state index in [1.807, 2.05) is 20.8 Å². The third-order valence-electron chi connectivity index (χ3n) is 2.23. The summed E-state index contributed by atoms with van der Waals surface area (Å²) in [6.45, 7) is 6.98. The van der Waals surface area contributed by atoms with Crippen LogP contribution in [-0.4, -0.2) is 51.6 Å². The molecule has 0 spiro atoms. The first-order valence-electron chi connectivity index (χ1n) is 5.95. The molecule has 0 bridgehead atoms. The first kappa shape index (κ1) is 16.4. The topological polar surface area (TPSA) is 56.8 Å². The van der Waals surface area contributed by atoms with Gasteiger partial charge in [-0.25, -0.2) is 0 Å². The second kappa shape index (κ2) is 9.39. The van der Waals surface area contributed by atoms with E-state index in [-0.39, 0.29) is 24.2 Å². The number of nitrogens with one attached hydrogen (secondary N) is 1. The van der Waals surface area contributed by atoms with Crippen molar-refractivity contribution in [3.05, 3.63) is 0 Å². The second-order valence-corrected chi connectivity index (χ2v) is 4.32. The molecule has 0 aromatic carbocycles. The molecule has 17 heavy (non-hydrogen) atoms. The number of carbonyl (C=O) groups excluding carboxylic acids is 1. The number of rotatable bonds is 9. The Morgan fingerprint density at radius 3 is 2.35 bits per heavy atom. The first-order chi connectivity index (χ1) is 8.01. The molecule has 2 atom stereocenters. The molecule has 5 nitrogen and oxygen atoms in total. The van der Waals surface area contributed by atoms with Crippen LogP contribution in [0.2, 0.25) is 0 Å². The maximum atomic E-state index is 11.5. The molecule has 0 rings (SSSR count). The lowest BCUT2D eigenvalue weighted by molar-refractivity contribution is -0.144. The van der Waals surface area contributed by atoms with Crippen molar-refractivity contribution in [3.8, 4) is 0 Å². The summed E-state index contributed by atoms with van der Waals surface area (Å²) in [5, 5.41) is 3.15. The zero-order chi connectivity index (χ0) is 13.3. The van der Waals surface area contributed by atoms with E-state index in [9.17, 15) is 4.79 Å². The van der Waals surface area contributed by atoms with Crippen LogP contribution in [0.15, 0.2) is 0 Å². The molecule has 5 heteroatoms. The van der Waals surface area contributed by atoms with E-state index in [1.165, 1.54) is 7.11 Å². The SMILES string of the molecule is COCC(C)OCCC(NC(C)C)C(=O)OC. The van der Waals surface area contributed by atoms with Gasteiger partial charge in [0, 0.05) is 19.8 Å². The molecule has 0 aromatic heterocycles. The summed E-state index contributed by atoms with van der Waals surface area (Å²) in [7, 11) is 3.03. The Bertz CT molecular complexity index is 209. The van der Waals surface area contributed by atoms with E-state index >= 15 is 0 Å². The molecule has 0 amide bonds. The number of hydrogen-bond acceptors (Lipinski definition) is 5. The molecular weight excluding hydrogens is 222 g/mol. The van der Waals surface area contributed by atoms with Crippen molar-refractivity contribution in [1.29, 1.82) is 0 Å². The maximum Gasteiger partial charge on any atom is 0.322 e. The van der Waals surface area contributed by atoms with Crippen LogP contribution in [0.5, 0.6) is 0 Å². The summed E-state index contributed by atoms with van der Waals surface area (Å²) in [5.74, 6) is -0.248. The van der Waals surface area contributed by atoms with Gasteiger partial charge in [-0.15, -0.1) is 0 Å². The van der Waals surface area contributed by atoms with E-state index in [1.54, 1.807) is 7.11 Å². The standard InChI is InChI=1S/C12H25NO4/c1-9(2)13-11(12(14)16-5)6-7-17-10(3)8-15-4/h9-11,13H,6-8H2,1-5H3. The highest BCUT2D eigenvalue weighted by molar-refractivity contribution is 5.75. The van der Waals surface area contributed by atoms with Gasteiger partial charge in [-0.1, -0.05) is 13.8 Å². The largest absolute Gasteiger partial charge is 0.468 e. The molecule has 1 N–H and O–H groups in total. The van der Waals surface area contributed by atoms with Crippen LogP contribution < -0.4 is 5.32 Å². The normalized spacial score (nSPS) is 14.7. The Labute approximate surface area is 104 Å². The van der Waals surface area contributed by atoms with Gasteiger partial charge in [0.1, 0.15) is 6.04 Å². The number of methoxy groups -OCH3 is 2.